The molecule has 1 aromatic carbocycles. The third-order valence-corrected chi connectivity index (χ3v) is 4.25. The maximum absolute atomic E-state index is 13.5. The van der Waals surface area contributed by atoms with Gasteiger partial charge in [0, 0.05) is 11.7 Å². The molecule has 0 saturated carbocycles. The average Bonchev–Trinajstić information content (AvgIpc) is 2.93. The molecule has 0 amide bonds. The second kappa shape index (κ2) is 6.85. The second-order valence-electron chi connectivity index (χ2n) is 4.78. The molecular formula is C14H19FN3OS+. The minimum absolute atomic E-state index is 0.00434. The smallest absolute Gasteiger partial charge is 0.277 e. The molecule has 0 aliphatic rings. The van der Waals surface area contributed by atoms with Gasteiger partial charge in [0.1, 0.15) is 5.82 Å². The van der Waals surface area contributed by atoms with Gasteiger partial charge in [0.2, 0.25) is 0 Å². The minimum Gasteiger partial charge on any atom is -0.410 e. The van der Waals surface area contributed by atoms with Crippen molar-refractivity contribution >= 4 is 11.8 Å². The molecule has 20 heavy (non-hydrogen) atoms. The van der Waals surface area contributed by atoms with E-state index in [4.69, 9.17) is 4.42 Å². The van der Waals surface area contributed by atoms with Gasteiger partial charge in [-0.3, -0.25) is 0 Å². The summed E-state index contributed by atoms with van der Waals surface area (Å²) in [6.45, 7) is 4.21. The summed E-state index contributed by atoms with van der Waals surface area (Å²) in [5.74, 6) is 1.20. The zero-order valence-corrected chi connectivity index (χ0v) is 12.5. The molecule has 0 fully saturated rings. The number of hydrogen-bond acceptors (Lipinski definition) is 4. The quantitative estimate of drug-likeness (QED) is 0.832. The van der Waals surface area contributed by atoms with Crippen molar-refractivity contribution in [2.45, 2.75) is 37.3 Å². The van der Waals surface area contributed by atoms with Crippen LogP contribution in [0.4, 0.5) is 4.39 Å². The molecular weight excluding hydrogens is 277 g/mol. The zero-order valence-electron chi connectivity index (χ0n) is 11.7. The molecule has 0 aliphatic carbocycles. The Morgan fingerprint density at radius 3 is 2.80 bits per heavy atom. The van der Waals surface area contributed by atoms with Gasteiger partial charge in [-0.2, -0.15) is 0 Å². The molecule has 6 heteroatoms. The van der Waals surface area contributed by atoms with Crippen molar-refractivity contribution < 1.29 is 14.5 Å². The first-order valence-corrected chi connectivity index (χ1v) is 7.63. The molecule has 0 spiro atoms. The molecule has 0 bridgehead atoms. The minimum atomic E-state index is -0.214. The highest BCUT2D eigenvalue weighted by molar-refractivity contribution is 7.98. The van der Waals surface area contributed by atoms with Crippen LogP contribution in [-0.2, 0) is 5.75 Å². The standard InChI is InChI=1S/C14H18FN3OS/c1-3-9(2)12(16)13-17-18-14(19-13)20-8-10-6-4-5-7-11(10)15/h4-7,9,12H,3,8,16H2,1-2H3/p+1. The molecule has 0 radical (unpaired) electrons. The zero-order chi connectivity index (χ0) is 14.5. The predicted molar refractivity (Wildman–Crippen MR) is 75.3 cm³/mol. The van der Waals surface area contributed by atoms with E-state index in [1.54, 1.807) is 12.1 Å². The van der Waals surface area contributed by atoms with Crippen LogP contribution in [0.3, 0.4) is 0 Å². The normalized spacial score (nSPS) is 14.2. The van der Waals surface area contributed by atoms with E-state index < -0.39 is 0 Å². The van der Waals surface area contributed by atoms with Crippen molar-refractivity contribution in [1.29, 1.82) is 0 Å². The van der Waals surface area contributed by atoms with Gasteiger partial charge in [0.25, 0.3) is 11.1 Å². The third-order valence-electron chi connectivity index (χ3n) is 3.38. The summed E-state index contributed by atoms with van der Waals surface area (Å²) in [6, 6.07) is 6.68. The fourth-order valence-electron chi connectivity index (χ4n) is 1.71. The van der Waals surface area contributed by atoms with Gasteiger partial charge in [0.15, 0.2) is 6.04 Å². The highest BCUT2D eigenvalue weighted by atomic mass is 32.2. The first-order chi connectivity index (χ1) is 9.61. The lowest BCUT2D eigenvalue weighted by Gasteiger charge is -2.09. The van der Waals surface area contributed by atoms with Crippen molar-refractivity contribution in [3.63, 3.8) is 0 Å². The Hall–Kier alpha value is -1.40. The van der Waals surface area contributed by atoms with Crippen molar-refractivity contribution in [3.05, 3.63) is 41.5 Å². The number of hydrogen-bond donors (Lipinski definition) is 1. The van der Waals surface area contributed by atoms with Crippen LogP contribution in [-0.4, -0.2) is 10.2 Å². The Morgan fingerprint density at radius 1 is 1.35 bits per heavy atom. The van der Waals surface area contributed by atoms with E-state index in [2.05, 4.69) is 29.8 Å². The van der Waals surface area contributed by atoms with Gasteiger partial charge in [-0.1, -0.05) is 43.8 Å². The van der Waals surface area contributed by atoms with E-state index >= 15 is 0 Å². The van der Waals surface area contributed by atoms with E-state index in [9.17, 15) is 4.39 Å². The lowest BCUT2D eigenvalue weighted by Crippen LogP contribution is -2.56. The van der Waals surface area contributed by atoms with Crippen molar-refractivity contribution in [1.82, 2.24) is 10.2 Å². The lowest BCUT2D eigenvalue weighted by atomic mass is 10.0. The predicted octanol–water partition coefficient (Wildman–Crippen LogP) is 2.83. The molecule has 2 rings (SSSR count). The van der Waals surface area contributed by atoms with Crippen LogP contribution in [0.15, 0.2) is 33.9 Å². The van der Waals surface area contributed by atoms with Crippen LogP contribution in [0.1, 0.15) is 37.8 Å². The number of thioether (sulfide) groups is 1. The number of halogens is 1. The molecule has 1 heterocycles. The molecule has 2 aromatic rings. The molecule has 0 saturated heterocycles. The first-order valence-electron chi connectivity index (χ1n) is 6.64. The van der Waals surface area contributed by atoms with Crippen molar-refractivity contribution in [2.24, 2.45) is 5.92 Å². The molecule has 2 unspecified atom stereocenters. The van der Waals surface area contributed by atoms with Gasteiger partial charge in [0.05, 0.1) is 0 Å². The summed E-state index contributed by atoms with van der Waals surface area (Å²) in [5, 5.41) is 8.47. The molecule has 1 aromatic heterocycles. The highest BCUT2D eigenvalue weighted by Crippen LogP contribution is 2.26. The van der Waals surface area contributed by atoms with Crippen LogP contribution < -0.4 is 5.73 Å². The van der Waals surface area contributed by atoms with E-state index in [0.29, 0.717) is 28.3 Å². The Morgan fingerprint density at radius 2 is 2.10 bits per heavy atom. The van der Waals surface area contributed by atoms with Gasteiger partial charge >= 0.3 is 0 Å². The SMILES string of the molecule is CCC(C)C([NH3+])c1nnc(SCc2ccccc2F)o1. The van der Waals surface area contributed by atoms with Crippen LogP contribution in [0, 0.1) is 11.7 Å². The van der Waals surface area contributed by atoms with Crippen molar-refractivity contribution in [3.8, 4) is 0 Å². The van der Waals surface area contributed by atoms with E-state index in [1.807, 2.05) is 6.07 Å². The highest BCUT2D eigenvalue weighted by Gasteiger charge is 2.23. The summed E-state index contributed by atoms with van der Waals surface area (Å²) < 4.78 is 19.1. The monoisotopic (exact) mass is 296 g/mol. The Balaban J connectivity index is 1.98. The maximum atomic E-state index is 13.5. The number of aromatic nitrogens is 2. The number of nitrogens with zero attached hydrogens (tertiary/aromatic N) is 2. The van der Waals surface area contributed by atoms with Crippen LogP contribution in [0.25, 0.3) is 0 Å². The molecule has 2 atom stereocenters. The number of rotatable bonds is 6. The van der Waals surface area contributed by atoms with E-state index in [-0.39, 0.29) is 11.9 Å². The fraction of sp³-hybridized carbons (Fsp3) is 0.429. The molecule has 108 valence electrons. The maximum Gasteiger partial charge on any atom is 0.277 e. The average molecular weight is 296 g/mol. The summed E-state index contributed by atoms with van der Waals surface area (Å²) in [4.78, 5) is 0. The lowest BCUT2D eigenvalue weighted by molar-refractivity contribution is -0.444. The van der Waals surface area contributed by atoms with E-state index in [0.717, 1.165) is 6.42 Å². The van der Waals surface area contributed by atoms with Crippen LogP contribution in [0.5, 0.6) is 0 Å². The third kappa shape index (κ3) is 3.58. The van der Waals surface area contributed by atoms with Crippen LogP contribution in [0.2, 0.25) is 0 Å². The molecule has 4 nitrogen and oxygen atoms in total. The molecule has 3 N–H and O–H groups in total. The Bertz CT molecular complexity index is 561. The topological polar surface area (TPSA) is 66.6 Å². The Kier molecular flexibility index (Phi) is 5.14. The summed E-state index contributed by atoms with van der Waals surface area (Å²) in [5.41, 5.74) is 4.69. The Labute approximate surface area is 122 Å². The van der Waals surface area contributed by atoms with Crippen molar-refractivity contribution in [2.75, 3.05) is 0 Å². The first kappa shape index (κ1) is 15.0. The summed E-state index contributed by atoms with van der Waals surface area (Å²) in [7, 11) is 0. The van der Waals surface area contributed by atoms with Gasteiger partial charge in [-0.15, -0.1) is 10.2 Å². The second-order valence-corrected chi connectivity index (χ2v) is 5.70. The number of benzene rings is 1. The fourth-order valence-corrected chi connectivity index (χ4v) is 2.47. The van der Waals surface area contributed by atoms with Crippen LogP contribution >= 0.6 is 11.8 Å². The van der Waals surface area contributed by atoms with Gasteiger partial charge in [-0.25, -0.2) is 4.39 Å². The summed E-state index contributed by atoms with van der Waals surface area (Å²) >= 11 is 1.34. The van der Waals surface area contributed by atoms with Gasteiger partial charge < -0.3 is 10.2 Å². The molecule has 0 aliphatic heterocycles. The largest absolute Gasteiger partial charge is 0.410 e. The van der Waals surface area contributed by atoms with Gasteiger partial charge in [-0.05, 0) is 18.1 Å². The number of quaternary nitrogens is 1. The summed E-state index contributed by atoms with van der Waals surface area (Å²) in [6.07, 6.45) is 1.01. The van der Waals surface area contributed by atoms with E-state index in [1.165, 1.54) is 17.8 Å².